The number of carbonyl (C=O) groups is 1. The second-order valence-corrected chi connectivity index (χ2v) is 7.96. The van der Waals surface area contributed by atoms with Gasteiger partial charge in [0.25, 0.3) is 20.1 Å². The van der Waals surface area contributed by atoms with Crippen LogP contribution in [0.25, 0.3) is 0 Å². The minimum atomic E-state index is -4.65. The van der Waals surface area contributed by atoms with Crippen LogP contribution in [0.3, 0.4) is 0 Å². The van der Waals surface area contributed by atoms with Crippen LogP contribution in [0.1, 0.15) is 10.4 Å². The Balaban J connectivity index is 2.47. The summed E-state index contributed by atoms with van der Waals surface area (Å²) in [6.07, 6.45) is 0. The van der Waals surface area contributed by atoms with E-state index >= 15 is 0 Å². The Morgan fingerprint density at radius 3 is 2.12 bits per heavy atom. The summed E-state index contributed by atoms with van der Waals surface area (Å²) in [6, 6.07) is 6.16. The summed E-state index contributed by atoms with van der Waals surface area (Å²) < 4.78 is 58.3. The molecule has 0 aliphatic heterocycles. The second kappa shape index (κ2) is 6.23. The number of benzene rings is 2. The van der Waals surface area contributed by atoms with E-state index in [1.807, 2.05) is 0 Å². The number of rotatable bonds is 5. The van der Waals surface area contributed by atoms with Gasteiger partial charge < -0.3 is 16.6 Å². The van der Waals surface area contributed by atoms with Gasteiger partial charge in [0.15, 0.2) is 0 Å². The minimum Gasteiger partial charge on any atom is -0.478 e. The van der Waals surface area contributed by atoms with Gasteiger partial charge in [0.05, 0.1) is 21.8 Å². The van der Waals surface area contributed by atoms with Crippen LogP contribution in [0.2, 0.25) is 0 Å². The van der Waals surface area contributed by atoms with Crippen LogP contribution in [0.4, 0.5) is 17.1 Å². The molecule has 0 amide bonds. The van der Waals surface area contributed by atoms with Gasteiger partial charge in [-0.15, -0.1) is 0 Å². The van der Waals surface area contributed by atoms with Crippen LogP contribution in [0.5, 0.6) is 0 Å². The van der Waals surface area contributed by atoms with E-state index in [0.717, 1.165) is 30.3 Å². The molecule has 2 aromatic rings. The third-order valence-electron chi connectivity index (χ3n) is 3.11. The van der Waals surface area contributed by atoms with Crippen LogP contribution in [0, 0.1) is 0 Å². The maximum Gasteiger partial charge on any atom is 0.337 e. The lowest BCUT2D eigenvalue weighted by Gasteiger charge is -2.11. The second-order valence-electron chi connectivity index (χ2n) is 4.89. The van der Waals surface area contributed by atoms with Crippen molar-refractivity contribution in [2.45, 2.75) is 9.79 Å². The van der Waals surface area contributed by atoms with Crippen LogP contribution in [-0.4, -0.2) is 32.5 Å². The number of sulfonamides is 1. The smallest absolute Gasteiger partial charge is 0.337 e. The number of hydrogen-bond donors (Lipinski definition) is 5. The van der Waals surface area contributed by atoms with Crippen molar-refractivity contribution in [3.05, 3.63) is 42.0 Å². The van der Waals surface area contributed by atoms with Crippen molar-refractivity contribution < 1.29 is 31.3 Å². The first kappa shape index (κ1) is 18.5. The first-order chi connectivity index (χ1) is 11.4. The summed E-state index contributed by atoms with van der Waals surface area (Å²) >= 11 is 0. The quantitative estimate of drug-likeness (QED) is 0.361. The molecule has 2 rings (SSSR count). The van der Waals surface area contributed by atoms with Crippen molar-refractivity contribution in [1.82, 2.24) is 0 Å². The van der Waals surface area contributed by atoms with Crippen molar-refractivity contribution in [3.63, 3.8) is 0 Å². The summed E-state index contributed by atoms with van der Waals surface area (Å²) in [7, 11) is -8.90. The fourth-order valence-corrected chi connectivity index (χ4v) is 3.64. The lowest BCUT2D eigenvalue weighted by molar-refractivity contribution is 0.0697. The fraction of sp³-hybridized carbons (Fsp3) is 0. The van der Waals surface area contributed by atoms with Gasteiger partial charge in [0.2, 0.25) is 0 Å². The molecule has 0 saturated heterocycles. The molecule has 0 bridgehead atoms. The number of carboxylic acids is 1. The average Bonchev–Trinajstić information content (AvgIpc) is 2.47. The number of carboxylic acid groups (broad SMARTS) is 1. The van der Waals surface area contributed by atoms with Crippen molar-refractivity contribution in [2.75, 3.05) is 16.2 Å². The van der Waals surface area contributed by atoms with E-state index in [0.29, 0.717) is 0 Å². The van der Waals surface area contributed by atoms with E-state index in [1.165, 1.54) is 6.07 Å². The van der Waals surface area contributed by atoms with E-state index in [-0.39, 0.29) is 17.1 Å². The monoisotopic (exact) mass is 387 g/mol. The molecule has 0 saturated carbocycles. The van der Waals surface area contributed by atoms with E-state index in [1.54, 1.807) is 0 Å². The normalized spacial score (nSPS) is 11.9. The Morgan fingerprint density at radius 1 is 0.960 bits per heavy atom. The zero-order valence-corrected chi connectivity index (χ0v) is 14.0. The highest BCUT2D eigenvalue weighted by Crippen LogP contribution is 2.25. The van der Waals surface area contributed by atoms with Gasteiger partial charge in [0, 0.05) is 5.69 Å². The van der Waals surface area contributed by atoms with E-state index in [9.17, 15) is 21.6 Å². The largest absolute Gasteiger partial charge is 0.478 e. The molecular weight excluding hydrogens is 374 g/mol. The van der Waals surface area contributed by atoms with Crippen LogP contribution in [0.15, 0.2) is 46.2 Å². The molecule has 0 atom stereocenters. The maximum atomic E-state index is 12.3. The van der Waals surface area contributed by atoms with Gasteiger partial charge in [0.1, 0.15) is 4.90 Å². The number of aromatic carboxylic acids is 1. The summed E-state index contributed by atoms with van der Waals surface area (Å²) in [5, 5.41) is 9.00. The van der Waals surface area contributed by atoms with E-state index < -0.39 is 41.5 Å². The number of hydrogen-bond acceptors (Lipinski definition) is 7. The van der Waals surface area contributed by atoms with Gasteiger partial charge in [-0.1, -0.05) is 0 Å². The number of nitrogens with one attached hydrogen (secondary N) is 1. The molecule has 12 heteroatoms. The van der Waals surface area contributed by atoms with Crippen molar-refractivity contribution >= 4 is 43.2 Å². The highest BCUT2D eigenvalue weighted by molar-refractivity contribution is 7.92. The molecule has 10 nitrogen and oxygen atoms in total. The zero-order valence-electron chi connectivity index (χ0n) is 12.4. The Bertz CT molecular complexity index is 1060. The molecule has 7 N–H and O–H groups in total. The lowest BCUT2D eigenvalue weighted by Crippen LogP contribution is -2.15. The molecule has 0 unspecified atom stereocenters. The molecule has 0 radical (unpaired) electrons. The zero-order chi connectivity index (χ0) is 19.0. The van der Waals surface area contributed by atoms with Crippen molar-refractivity contribution in [3.8, 4) is 0 Å². The number of anilines is 3. The molecular formula is C13H13N3O7S2. The van der Waals surface area contributed by atoms with Gasteiger partial charge in [-0.25, -0.2) is 13.2 Å². The Labute approximate surface area is 142 Å². The van der Waals surface area contributed by atoms with Crippen molar-refractivity contribution in [1.29, 1.82) is 0 Å². The van der Waals surface area contributed by atoms with E-state index in [2.05, 4.69) is 4.72 Å². The van der Waals surface area contributed by atoms with Gasteiger partial charge in [-0.2, -0.15) is 8.42 Å². The summed E-state index contributed by atoms with van der Waals surface area (Å²) in [5.74, 6) is -1.41. The Morgan fingerprint density at radius 2 is 1.56 bits per heavy atom. The van der Waals surface area contributed by atoms with Crippen molar-refractivity contribution in [2.24, 2.45) is 0 Å². The summed E-state index contributed by atoms with van der Waals surface area (Å²) in [4.78, 5) is 9.98. The van der Waals surface area contributed by atoms with Gasteiger partial charge in [-0.05, 0) is 36.4 Å². The van der Waals surface area contributed by atoms with Crippen LogP contribution < -0.4 is 16.2 Å². The predicted molar refractivity (Wildman–Crippen MR) is 89.3 cm³/mol. The average molecular weight is 387 g/mol. The topological polar surface area (TPSA) is 190 Å². The first-order valence-electron chi connectivity index (χ1n) is 6.44. The predicted octanol–water partition coefficient (Wildman–Crippen LogP) is 0.597. The molecule has 0 heterocycles. The molecule has 0 aromatic heterocycles. The molecule has 0 aliphatic rings. The van der Waals surface area contributed by atoms with Crippen LogP contribution in [-0.2, 0) is 20.1 Å². The fourth-order valence-electron chi connectivity index (χ4n) is 1.92. The summed E-state index contributed by atoms with van der Waals surface area (Å²) in [6.45, 7) is 0. The Kier molecular flexibility index (Phi) is 4.61. The maximum absolute atomic E-state index is 12.3. The minimum absolute atomic E-state index is 0.118. The Hall–Kier alpha value is -2.83. The number of nitrogens with two attached hydrogens (primary N) is 2. The first-order valence-corrected chi connectivity index (χ1v) is 9.37. The molecule has 0 spiro atoms. The van der Waals surface area contributed by atoms with Crippen LogP contribution >= 0.6 is 0 Å². The highest BCUT2D eigenvalue weighted by atomic mass is 32.2. The van der Waals surface area contributed by atoms with E-state index in [4.69, 9.17) is 21.1 Å². The third kappa shape index (κ3) is 3.99. The SMILES string of the molecule is Nc1ccc(S(=O)(=O)Nc2ccc(N)c(S(=O)(=O)O)c2)cc1C(=O)O. The lowest BCUT2D eigenvalue weighted by atomic mass is 10.2. The highest BCUT2D eigenvalue weighted by Gasteiger charge is 2.20. The molecule has 0 fully saturated rings. The molecule has 0 aliphatic carbocycles. The number of nitrogen functional groups attached to an aromatic ring is 2. The third-order valence-corrected chi connectivity index (χ3v) is 5.40. The standard InChI is InChI=1S/C13H13N3O7S2/c14-10-4-2-8(6-9(10)13(17)18)24(19,20)16-7-1-3-11(15)12(5-7)25(21,22)23/h1-6,16H,14-15H2,(H,17,18)(H,21,22,23). The molecule has 2 aromatic carbocycles. The molecule has 134 valence electrons. The molecule has 25 heavy (non-hydrogen) atoms. The van der Waals surface area contributed by atoms with Gasteiger partial charge >= 0.3 is 5.97 Å². The summed E-state index contributed by atoms with van der Waals surface area (Å²) in [5.41, 5.74) is 9.90. The van der Waals surface area contributed by atoms with Gasteiger partial charge in [-0.3, -0.25) is 9.27 Å².